The first-order chi connectivity index (χ1) is 9.23. The minimum absolute atomic E-state index is 0.0926. The molecule has 0 saturated heterocycles. The molecule has 1 amide bonds. The first kappa shape index (κ1) is 19.5. The molecular formula is C13H22F3NO4. The van der Waals surface area contributed by atoms with Gasteiger partial charge in [-0.15, -0.1) is 0 Å². The van der Waals surface area contributed by atoms with Gasteiger partial charge in [-0.1, -0.05) is 13.8 Å². The summed E-state index contributed by atoms with van der Waals surface area (Å²) in [6.45, 7) is 6.15. The molecule has 0 fully saturated rings. The molecule has 0 rings (SSSR count). The van der Waals surface area contributed by atoms with Crippen LogP contribution >= 0.6 is 0 Å². The summed E-state index contributed by atoms with van der Waals surface area (Å²) in [6, 6.07) is -1.58. The van der Waals surface area contributed by atoms with E-state index in [2.05, 4.69) is 0 Å². The van der Waals surface area contributed by atoms with Gasteiger partial charge in [-0.05, 0) is 33.1 Å². The molecule has 1 N–H and O–H groups in total. The number of aliphatic carboxylic acids is 1. The SMILES string of the molecule is CC(C)CC(C(=O)O)N(CC(F)(F)F)C(=O)OC(C)(C)C. The molecule has 0 aromatic rings. The van der Waals surface area contributed by atoms with Gasteiger partial charge in [0.25, 0.3) is 0 Å². The molecule has 0 saturated carbocycles. The molecule has 0 radical (unpaired) electrons. The normalized spacial score (nSPS) is 14.0. The van der Waals surface area contributed by atoms with Gasteiger partial charge in [0.2, 0.25) is 0 Å². The standard InChI is InChI=1S/C13H22F3NO4/c1-8(2)6-9(10(18)19)17(7-13(14,15)16)11(20)21-12(3,4)5/h8-9H,6-7H2,1-5H3,(H,18,19). The van der Waals surface area contributed by atoms with Crippen molar-refractivity contribution in [3.63, 3.8) is 0 Å². The molecule has 0 aromatic heterocycles. The van der Waals surface area contributed by atoms with Crippen LogP contribution in [0.1, 0.15) is 41.0 Å². The van der Waals surface area contributed by atoms with E-state index < -0.39 is 36.4 Å². The van der Waals surface area contributed by atoms with E-state index >= 15 is 0 Å². The van der Waals surface area contributed by atoms with Gasteiger partial charge in [-0.2, -0.15) is 13.2 Å². The maximum atomic E-state index is 12.6. The minimum atomic E-state index is -4.71. The maximum Gasteiger partial charge on any atom is 0.411 e. The van der Waals surface area contributed by atoms with Crippen molar-refractivity contribution in [1.29, 1.82) is 0 Å². The topological polar surface area (TPSA) is 66.8 Å². The van der Waals surface area contributed by atoms with Crippen LogP contribution in [0.5, 0.6) is 0 Å². The molecule has 21 heavy (non-hydrogen) atoms. The first-order valence-electron chi connectivity index (χ1n) is 6.52. The zero-order valence-electron chi connectivity index (χ0n) is 12.8. The minimum Gasteiger partial charge on any atom is -0.480 e. The molecule has 1 unspecified atom stereocenters. The molecule has 124 valence electrons. The third-order valence-electron chi connectivity index (χ3n) is 2.33. The lowest BCUT2D eigenvalue weighted by Gasteiger charge is -2.32. The summed E-state index contributed by atoms with van der Waals surface area (Å²) in [5.41, 5.74) is -1.01. The van der Waals surface area contributed by atoms with Crippen LogP contribution < -0.4 is 0 Å². The van der Waals surface area contributed by atoms with Crippen molar-refractivity contribution in [3.8, 4) is 0 Å². The summed E-state index contributed by atoms with van der Waals surface area (Å²) < 4.78 is 42.7. The van der Waals surface area contributed by atoms with Gasteiger partial charge in [0.1, 0.15) is 18.2 Å². The Hall–Kier alpha value is -1.47. The summed E-state index contributed by atoms with van der Waals surface area (Å²) >= 11 is 0. The number of hydrogen-bond donors (Lipinski definition) is 1. The number of nitrogens with zero attached hydrogens (tertiary/aromatic N) is 1. The molecule has 0 heterocycles. The summed E-state index contributed by atoms with van der Waals surface area (Å²) in [5, 5.41) is 9.12. The molecule has 0 bridgehead atoms. The van der Waals surface area contributed by atoms with Crippen molar-refractivity contribution in [2.24, 2.45) is 5.92 Å². The predicted molar refractivity (Wildman–Crippen MR) is 69.9 cm³/mol. The second kappa shape index (κ2) is 7.00. The number of carboxylic acid groups (broad SMARTS) is 1. The number of alkyl halides is 3. The van der Waals surface area contributed by atoms with Crippen molar-refractivity contribution in [2.45, 2.75) is 58.9 Å². The van der Waals surface area contributed by atoms with Gasteiger partial charge in [-0.25, -0.2) is 9.59 Å². The average molecular weight is 313 g/mol. The fourth-order valence-corrected chi connectivity index (χ4v) is 1.62. The van der Waals surface area contributed by atoms with Crippen LogP contribution in [0, 0.1) is 5.92 Å². The number of carbonyl (C=O) groups is 2. The van der Waals surface area contributed by atoms with E-state index in [1.807, 2.05) is 0 Å². The van der Waals surface area contributed by atoms with Crippen LogP contribution in [0.4, 0.5) is 18.0 Å². The van der Waals surface area contributed by atoms with Crippen LogP contribution in [0.15, 0.2) is 0 Å². The van der Waals surface area contributed by atoms with Gasteiger partial charge in [0.15, 0.2) is 0 Å². The smallest absolute Gasteiger partial charge is 0.411 e. The van der Waals surface area contributed by atoms with Crippen molar-refractivity contribution in [2.75, 3.05) is 6.54 Å². The summed E-state index contributed by atoms with van der Waals surface area (Å²) in [5.74, 6) is -1.68. The van der Waals surface area contributed by atoms with E-state index in [1.165, 1.54) is 20.8 Å². The Balaban J connectivity index is 5.36. The molecule has 0 aliphatic heterocycles. The number of amides is 1. The fraction of sp³-hybridized carbons (Fsp3) is 0.846. The highest BCUT2D eigenvalue weighted by Crippen LogP contribution is 2.23. The molecule has 5 nitrogen and oxygen atoms in total. The molecule has 0 aliphatic rings. The van der Waals surface area contributed by atoms with Crippen molar-refractivity contribution in [1.82, 2.24) is 4.90 Å². The quantitative estimate of drug-likeness (QED) is 0.846. The number of halogens is 3. The van der Waals surface area contributed by atoms with Gasteiger partial charge >= 0.3 is 18.2 Å². The van der Waals surface area contributed by atoms with E-state index in [9.17, 15) is 22.8 Å². The maximum absolute atomic E-state index is 12.6. The van der Waals surface area contributed by atoms with Crippen LogP contribution in [0.2, 0.25) is 0 Å². The average Bonchev–Trinajstić information content (AvgIpc) is 2.18. The van der Waals surface area contributed by atoms with E-state index in [4.69, 9.17) is 9.84 Å². The van der Waals surface area contributed by atoms with Crippen LogP contribution in [-0.4, -0.2) is 46.4 Å². The van der Waals surface area contributed by atoms with Crippen molar-refractivity contribution < 1.29 is 32.6 Å². The lowest BCUT2D eigenvalue weighted by Crippen LogP contribution is -2.51. The Labute approximate surface area is 122 Å². The Morgan fingerprint density at radius 1 is 1.19 bits per heavy atom. The largest absolute Gasteiger partial charge is 0.480 e. The summed E-state index contributed by atoms with van der Waals surface area (Å²) in [6.07, 6.45) is -6.08. The highest BCUT2D eigenvalue weighted by atomic mass is 19.4. The van der Waals surface area contributed by atoms with Gasteiger partial charge < -0.3 is 9.84 Å². The highest BCUT2D eigenvalue weighted by Gasteiger charge is 2.41. The number of ether oxygens (including phenoxy) is 1. The zero-order valence-corrected chi connectivity index (χ0v) is 12.8. The Kier molecular flexibility index (Phi) is 6.51. The molecular weight excluding hydrogens is 291 g/mol. The van der Waals surface area contributed by atoms with E-state index in [0.29, 0.717) is 0 Å². The fourth-order valence-electron chi connectivity index (χ4n) is 1.62. The second-order valence-electron chi connectivity index (χ2n) is 6.21. The van der Waals surface area contributed by atoms with Crippen LogP contribution in [0.3, 0.4) is 0 Å². The summed E-state index contributed by atoms with van der Waals surface area (Å²) in [7, 11) is 0. The number of carboxylic acids is 1. The van der Waals surface area contributed by atoms with Gasteiger partial charge in [0, 0.05) is 0 Å². The van der Waals surface area contributed by atoms with E-state index in [1.54, 1.807) is 13.8 Å². The number of carbonyl (C=O) groups excluding carboxylic acids is 1. The van der Waals surface area contributed by atoms with Crippen molar-refractivity contribution in [3.05, 3.63) is 0 Å². The molecule has 0 spiro atoms. The lowest BCUT2D eigenvalue weighted by molar-refractivity contribution is -0.160. The molecule has 8 heteroatoms. The van der Waals surface area contributed by atoms with Crippen LogP contribution in [-0.2, 0) is 9.53 Å². The zero-order chi connectivity index (χ0) is 17.0. The third-order valence-corrected chi connectivity index (χ3v) is 2.33. The Morgan fingerprint density at radius 3 is 1.95 bits per heavy atom. The monoisotopic (exact) mass is 313 g/mol. The predicted octanol–water partition coefficient (Wildman–Crippen LogP) is 3.29. The van der Waals surface area contributed by atoms with Crippen LogP contribution in [0.25, 0.3) is 0 Å². The third kappa shape index (κ3) is 8.41. The Morgan fingerprint density at radius 2 is 1.67 bits per heavy atom. The molecule has 1 atom stereocenters. The molecule has 0 aliphatic carbocycles. The summed E-state index contributed by atoms with van der Waals surface area (Å²) in [4.78, 5) is 23.3. The number of hydrogen-bond acceptors (Lipinski definition) is 3. The Bertz CT molecular complexity index is 375. The highest BCUT2D eigenvalue weighted by molar-refractivity contribution is 5.80. The number of rotatable bonds is 5. The van der Waals surface area contributed by atoms with E-state index in [0.717, 1.165) is 0 Å². The van der Waals surface area contributed by atoms with Gasteiger partial charge in [0.05, 0.1) is 0 Å². The van der Waals surface area contributed by atoms with Crippen molar-refractivity contribution >= 4 is 12.1 Å². The second-order valence-corrected chi connectivity index (χ2v) is 6.21. The van der Waals surface area contributed by atoms with Gasteiger partial charge in [-0.3, -0.25) is 4.90 Å². The first-order valence-corrected chi connectivity index (χ1v) is 6.52. The lowest BCUT2D eigenvalue weighted by atomic mass is 10.0. The van der Waals surface area contributed by atoms with E-state index in [-0.39, 0.29) is 17.2 Å². The molecule has 0 aromatic carbocycles.